The molecule has 0 bridgehead atoms. The van der Waals surface area contributed by atoms with Crippen LogP contribution in [0, 0.1) is 19.7 Å². The lowest BCUT2D eigenvalue weighted by atomic mass is 9.94. The summed E-state index contributed by atoms with van der Waals surface area (Å²) in [5, 5.41) is 8.66. The van der Waals surface area contributed by atoms with E-state index in [0.29, 0.717) is 24.5 Å². The smallest absolute Gasteiger partial charge is 0.341 e. The predicted molar refractivity (Wildman–Crippen MR) is 138 cm³/mol. The van der Waals surface area contributed by atoms with Crippen molar-refractivity contribution in [3.05, 3.63) is 77.1 Å². The van der Waals surface area contributed by atoms with Gasteiger partial charge in [0.15, 0.2) is 18.2 Å². The van der Waals surface area contributed by atoms with Gasteiger partial charge in [0.05, 0.1) is 18.0 Å². The fourth-order valence-corrected chi connectivity index (χ4v) is 4.37. The fourth-order valence-electron chi connectivity index (χ4n) is 3.72. The molecule has 0 aliphatic rings. The zero-order valence-corrected chi connectivity index (χ0v) is 21.1. The molecule has 0 aliphatic heterocycles. The number of nitrogens with zero attached hydrogens (tertiary/aromatic N) is 1. The highest BCUT2D eigenvalue weighted by molar-refractivity contribution is 7.90. The summed E-state index contributed by atoms with van der Waals surface area (Å²) in [5.41, 5.74) is 5.26. The van der Waals surface area contributed by atoms with Gasteiger partial charge in [-0.15, -0.1) is 0 Å². The number of aryl methyl sites for hydroxylation is 2. The zero-order valence-electron chi connectivity index (χ0n) is 20.3. The standard InChI is InChI=1S/C27H28FNO6S/c1-18-12-23(34-10-5-11-36(3,32)33)13-19(2)27(18)21-7-4-6-20(14-21)16-29-22-8-9-25(24(28)15-22)35-17-26(30)31/h4,6-9,12-16H,5,10-11,17H2,1-3H3,(H,30,31). The minimum absolute atomic E-state index is 0.0900. The Bertz CT molecular complexity index is 1360. The molecule has 0 amide bonds. The quantitative estimate of drug-likeness (QED) is 0.281. The van der Waals surface area contributed by atoms with Crippen LogP contribution in [0.5, 0.6) is 11.5 Å². The van der Waals surface area contributed by atoms with E-state index in [1.807, 2.05) is 50.2 Å². The summed E-state index contributed by atoms with van der Waals surface area (Å²) in [4.78, 5) is 14.9. The number of carboxylic acids is 1. The van der Waals surface area contributed by atoms with Crippen molar-refractivity contribution >= 4 is 27.7 Å². The van der Waals surface area contributed by atoms with Gasteiger partial charge in [-0.3, -0.25) is 4.99 Å². The molecule has 3 rings (SSSR count). The predicted octanol–water partition coefficient (Wildman–Crippen LogP) is 5.14. The third-order valence-electron chi connectivity index (χ3n) is 5.24. The van der Waals surface area contributed by atoms with Gasteiger partial charge in [-0.25, -0.2) is 17.6 Å². The molecule has 0 unspecified atom stereocenters. The second-order valence-electron chi connectivity index (χ2n) is 8.44. The topological polar surface area (TPSA) is 102 Å². The number of aliphatic imine (C=N–C) groups is 1. The Morgan fingerprint density at radius 1 is 1.06 bits per heavy atom. The second kappa shape index (κ2) is 11.8. The maximum atomic E-state index is 14.2. The molecular weight excluding hydrogens is 485 g/mol. The van der Waals surface area contributed by atoms with Crippen LogP contribution in [-0.4, -0.2) is 50.9 Å². The number of carbonyl (C=O) groups is 1. The van der Waals surface area contributed by atoms with E-state index < -0.39 is 28.2 Å². The number of carboxylic acid groups (broad SMARTS) is 1. The zero-order chi connectivity index (χ0) is 26.3. The third kappa shape index (κ3) is 7.91. The number of rotatable bonds is 11. The van der Waals surface area contributed by atoms with E-state index in [1.165, 1.54) is 18.4 Å². The van der Waals surface area contributed by atoms with Crippen molar-refractivity contribution in [1.29, 1.82) is 0 Å². The number of benzene rings is 3. The summed E-state index contributed by atoms with van der Waals surface area (Å²) in [6.07, 6.45) is 3.27. The minimum Gasteiger partial charge on any atom is -0.494 e. The molecule has 0 aliphatic carbocycles. The molecule has 0 aromatic heterocycles. The molecule has 0 spiro atoms. The number of hydrogen-bond donors (Lipinski definition) is 1. The van der Waals surface area contributed by atoms with E-state index >= 15 is 0 Å². The summed E-state index contributed by atoms with van der Waals surface area (Å²) in [6, 6.07) is 15.7. The van der Waals surface area contributed by atoms with Gasteiger partial charge in [0.25, 0.3) is 0 Å². The van der Waals surface area contributed by atoms with E-state index in [9.17, 15) is 17.6 Å². The first kappa shape index (κ1) is 26.9. The minimum atomic E-state index is -3.01. The normalized spacial score (nSPS) is 11.6. The van der Waals surface area contributed by atoms with Gasteiger partial charge < -0.3 is 14.6 Å². The van der Waals surface area contributed by atoms with E-state index in [0.717, 1.165) is 27.8 Å². The molecular formula is C27H28FNO6S. The van der Waals surface area contributed by atoms with Gasteiger partial charge in [0, 0.05) is 18.5 Å². The van der Waals surface area contributed by atoms with Gasteiger partial charge >= 0.3 is 5.97 Å². The summed E-state index contributed by atoms with van der Waals surface area (Å²) in [6.45, 7) is 3.68. The van der Waals surface area contributed by atoms with E-state index in [2.05, 4.69) is 4.99 Å². The van der Waals surface area contributed by atoms with E-state index in [1.54, 1.807) is 12.3 Å². The SMILES string of the molecule is Cc1cc(OCCCS(C)(=O)=O)cc(C)c1-c1cccc(C=Nc2ccc(OCC(=O)O)c(F)c2)c1. The molecule has 0 fully saturated rings. The van der Waals surface area contributed by atoms with Gasteiger partial charge in [-0.1, -0.05) is 18.2 Å². The van der Waals surface area contributed by atoms with Crippen molar-refractivity contribution < 1.29 is 32.2 Å². The Hall–Kier alpha value is -3.72. The molecule has 0 atom stereocenters. The molecule has 0 heterocycles. The maximum Gasteiger partial charge on any atom is 0.341 e. The Labute approximate surface area is 210 Å². The Balaban J connectivity index is 1.73. The fraction of sp³-hybridized carbons (Fsp3) is 0.259. The largest absolute Gasteiger partial charge is 0.494 e. The molecule has 190 valence electrons. The first-order valence-electron chi connectivity index (χ1n) is 11.2. The monoisotopic (exact) mass is 513 g/mol. The van der Waals surface area contributed by atoms with Crippen LogP contribution in [0.15, 0.2) is 59.6 Å². The van der Waals surface area contributed by atoms with Crippen molar-refractivity contribution in [2.45, 2.75) is 20.3 Å². The molecule has 7 nitrogen and oxygen atoms in total. The average molecular weight is 514 g/mol. The van der Waals surface area contributed by atoms with Crippen molar-refractivity contribution in [2.75, 3.05) is 25.2 Å². The van der Waals surface area contributed by atoms with Crippen molar-refractivity contribution in [3.8, 4) is 22.6 Å². The Kier molecular flexibility index (Phi) is 8.82. The number of halogens is 1. The third-order valence-corrected chi connectivity index (χ3v) is 6.27. The number of aliphatic carboxylic acids is 1. The van der Waals surface area contributed by atoms with Crippen molar-refractivity contribution in [1.82, 2.24) is 0 Å². The number of hydrogen-bond acceptors (Lipinski definition) is 6. The summed E-state index contributed by atoms with van der Waals surface area (Å²) < 4.78 is 47.4. The molecule has 9 heteroatoms. The highest BCUT2D eigenvalue weighted by Crippen LogP contribution is 2.31. The number of sulfone groups is 1. The highest BCUT2D eigenvalue weighted by Gasteiger charge is 2.10. The summed E-state index contributed by atoms with van der Waals surface area (Å²) in [7, 11) is -3.01. The van der Waals surface area contributed by atoms with Gasteiger partial charge in [-0.05, 0) is 78.4 Å². The molecule has 3 aromatic rings. The van der Waals surface area contributed by atoms with Crippen LogP contribution in [0.25, 0.3) is 11.1 Å². The van der Waals surface area contributed by atoms with Crippen LogP contribution in [-0.2, 0) is 14.6 Å². The molecule has 1 N–H and O–H groups in total. The average Bonchev–Trinajstić information content (AvgIpc) is 2.79. The van der Waals surface area contributed by atoms with Crippen LogP contribution >= 0.6 is 0 Å². The second-order valence-corrected chi connectivity index (χ2v) is 10.7. The maximum absolute atomic E-state index is 14.2. The van der Waals surface area contributed by atoms with Gasteiger partial charge in [-0.2, -0.15) is 0 Å². The Morgan fingerprint density at radius 3 is 2.42 bits per heavy atom. The highest BCUT2D eigenvalue weighted by atomic mass is 32.2. The summed E-state index contributed by atoms with van der Waals surface area (Å²) in [5.74, 6) is -1.24. The number of ether oxygens (including phenoxy) is 2. The van der Waals surface area contributed by atoms with Crippen molar-refractivity contribution in [2.24, 2.45) is 4.99 Å². The van der Waals surface area contributed by atoms with E-state index in [4.69, 9.17) is 14.6 Å². The molecule has 0 saturated carbocycles. The molecule has 36 heavy (non-hydrogen) atoms. The Morgan fingerprint density at radius 2 is 1.78 bits per heavy atom. The van der Waals surface area contributed by atoms with Gasteiger partial charge in [0.2, 0.25) is 0 Å². The van der Waals surface area contributed by atoms with Gasteiger partial charge in [0.1, 0.15) is 15.6 Å². The lowest BCUT2D eigenvalue weighted by Crippen LogP contribution is -2.10. The first-order valence-corrected chi connectivity index (χ1v) is 13.3. The molecule has 0 radical (unpaired) electrons. The first-order chi connectivity index (χ1) is 17.0. The summed E-state index contributed by atoms with van der Waals surface area (Å²) >= 11 is 0. The van der Waals surface area contributed by atoms with Crippen LogP contribution in [0.3, 0.4) is 0 Å². The molecule has 0 saturated heterocycles. The van der Waals surface area contributed by atoms with Crippen molar-refractivity contribution in [3.63, 3.8) is 0 Å². The van der Waals surface area contributed by atoms with Crippen LogP contribution < -0.4 is 9.47 Å². The van der Waals surface area contributed by atoms with E-state index in [-0.39, 0.29) is 11.5 Å². The molecule has 3 aromatic carbocycles. The lowest BCUT2D eigenvalue weighted by Gasteiger charge is -2.14. The van der Waals surface area contributed by atoms with Crippen LogP contribution in [0.2, 0.25) is 0 Å². The van der Waals surface area contributed by atoms with Crippen LogP contribution in [0.4, 0.5) is 10.1 Å². The van der Waals surface area contributed by atoms with Crippen LogP contribution in [0.1, 0.15) is 23.1 Å². The lowest BCUT2D eigenvalue weighted by molar-refractivity contribution is -0.139.